The summed E-state index contributed by atoms with van der Waals surface area (Å²) < 4.78 is 73.4. The number of aryl methyl sites for hydroxylation is 1. The van der Waals surface area contributed by atoms with Crippen molar-refractivity contribution in [3.05, 3.63) is 41.9 Å². The van der Waals surface area contributed by atoms with Gasteiger partial charge in [-0.2, -0.15) is 0 Å². The summed E-state index contributed by atoms with van der Waals surface area (Å²) in [6, 6.07) is 5.91. The minimum atomic E-state index is -4.81. The highest BCUT2D eigenvalue weighted by molar-refractivity contribution is 7.92. The van der Waals surface area contributed by atoms with Crippen LogP contribution < -0.4 is 20.3 Å². The number of halogens is 3. The molecule has 0 radical (unpaired) electrons. The van der Waals surface area contributed by atoms with Crippen LogP contribution in [0.1, 0.15) is 30.9 Å². The third kappa shape index (κ3) is 4.73. The van der Waals surface area contributed by atoms with Gasteiger partial charge >= 0.3 is 6.36 Å². The maximum atomic E-state index is 12.6. The molecule has 2 aromatic rings. The molecule has 1 aromatic carbocycles. The number of alkyl halides is 3. The zero-order valence-electron chi connectivity index (χ0n) is 14.4. The predicted octanol–water partition coefficient (Wildman–Crippen LogP) is 3.21. The first-order valence-corrected chi connectivity index (χ1v) is 9.52. The van der Waals surface area contributed by atoms with Gasteiger partial charge in [0.15, 0.2) is 0 Å². The number of ether oxygens (including phenoxy) is 1. The van der Waals surface area contributed by atoms with Crippen LogP contribution in [0.2, 0.25) is 0 Å². The van der Waals surface area contributed by atoms with Crippen LogP contribution in [0.15, 0.2) is 39.6 Å². The molecular weight excluding hydrogens is 387 g/mol. The molecule has 3 rings (SSSR count). The second-order valence-corrected chi connectivity index (χ2v) is 7.88. The van der Waals surface area contributed by atoms with E-state index in [1.165, 1.54) is 25.1 Å². The minimum Gasteiger partial charge on any atom is -0.463 e. The van der Waals surface area contributed by atoms with Crippen molar-refractivity contribution in [3.63, 3.8) is 0 Å². The number of rotatable bonds is 5. The topological polar surface area (TPSA) is 92.6 Å². The number of nitrogens with one attached hydrogen (secondary N) is 3. The Morgan fingerprint density at radius 3 is 2.44 bits per heavy atom. The molecule has 3 N–H and O–H groups in total. The van der Waals surface area contributed by atoms with Crippen LogP contribution in [-0.2, 0) is 10.0 Å². The maximum absolute atomic E-state index is 12.6. The molecule has 0 amide bonds. The zero-order valence-corrected chi connectivity index (χ0v) is 15.2. The lowest BCUT2D eigenvalue weighted by atomic mass is 10.1. The predicted molar refractivity (Wildman–Crippen MR) is 90.5 cm³/mol. The second-order valence-electron chi connectivity index (χ2n) is 6.22. The van der Waals surface area contributed by atoms with E-state index in [0.717, 1.165) is 18.6 Å². The third-order valence-corrected chi connectivity index (χ3v) is 5.45. The molecular formula is C16H18F3N3O4S. The molecule has 0 aliphatic carbocycles. The van der Waals surface area contributed by atoms with Crippen molar-refractivity contribution in [1.29, 1.82) is 0 Å². The van der Waals surface area contributed by atoms with Crippen molar-refractivity contribution >= 4 is 15.7 Å². The van der Waals surface area contributed by atoms with Crippen molar-refractivity contribution in [2.45, 2.75) is 43.6 Å². The van der Waals surface area contributed by atoms with Crippen molar-refractivity contribution in [1.82, 2.24) is 10.9 Å². The first-order valence-electron chi connectivity index (χ1n) is 8.03. The maximum Gasteiger partial charge on any atom is 0.573 e. The van der Waals surface area contributed by atoms with E-state index >= 15 is 0 Å². The van der Waals surface area contributed by atoms with Crippen molar-refractivity contribution < 1.29 is 30.7 Å². The Balaban J connectivity index is 1.76. The Morgan fingerprint density at radius 1 is 1.22 bits per heavy atom. The highest BCUT2D eigenvalue weighted by Gasteiger charge is 2.31. The molecule has 2 unspecified atom stereocenters. The lowest BCUT2D eigenvalue weighted by molar-refractivity contribution is -0.274. The molecule has 1 aromatic heterocycles. The van der Waals surface area contributed by atoms with Crippen molar-refractivity contribution in [2.75, 3.05) is 4.72 Å². The molecule has 1 fully saturated rings. The summed E-state index contributed by atoms with van der Waals surface area (Å²) in [5, 5.41) is 0. The summed E-state index contributed by atoms with van der Waals surface area (Å²) in [4.78, 5) is -0.0329. The van der Waals surface area contributed by atoms with Gasteiger partial charge in [-0.3, -0.25) is 10.1 Å². The molecule has 1 saturated heterocycles. The highest BCUT2D eigenvalue weighted by atomic mass is 32.2. The molecule has 11 heteroatoms. The summed E-state index contributed by atoms with van der Waals surface area (Å²) in [5.74, 6) is 0.260. The van der Waals surface area contributed by atoms with E-state index in [1.807, 2.05) is 6.92 Å². The third-order valence-electron chi connectivity index (χ3n) is 3.96. The van der Waals surface area contributed by atoms with Crippen molar-refractivity contribution in [2.24, 2.45) is 0 Å². The molecule has 2 heterocycles. The van der Waals surface area contributed by atoms with E-state index in [0.29, 0.717) is 5.76 Å². The van der Waals surface area contributed by atoms with Gasteiger partial charge in [-0.1, -0.05) is 0 Å². The summed E-state index contributed by atoms with van der Waals surface area (Å²) in [6.07, 6.45) is -4.08. The SMILES string of the molecule is Cc1oc(C2CC(C)NN2)cc1S(=O)(=O)Nc1ccc(OC(F)(F)F)cc1. The van der Waals surface area contributed by atoms with Crippen LogP contribution in [0.5, 0.6) is 5.75 Å². The van der Waals surface area contributed by atoms with Crippen LogP contribution in [0.25, 0.3) is 0 Å². The number of hydrazine groups is 1. The minimum absolute atomic E-state index is 0.0329. The van der Waals surface area contributed by atoms with E-state index in [4.69, 9.17) is 4.42 Å². The molecule has 0 bridgehead atoms. The van der Waals surface area contributed by atoms with Gasteiger partial charge < -0.3 is 9.15 Å². The first-order chi connectivity index (χ1) is 12.5. The number of furan rings is 1. The van der Waals surface area contributed by atoms with Crippen LogP contribution in [0, 0.1) is 6.92 Å². The molecule has 0 spiro atoms. The molecule has 7 nitrogen and oxygen atoms in total. The van der Waals surface area contributed by atoms with Crippen LogP contribution in [-0.4, -0.2) is 20.8 Å². The Labute approximate surface area is 153 Å². The lowest BCUT2D eigenvalue weighted by Crippen LogP contribution is -2.28. The Kier molecular flexibility index (Phi) is 5.10. The molecule has 148 valence electrons. The molecule has 2 atom stereocenters. The van der Waals surface area contributed by atoms with E-state index in [9.17, 15) is 21.6 Å². The number of sulfonamides is 1. The van der Waals surface area contributed by atoms with Crippen LogP contribution in [0.3, 0.4) is 0 Å². The lowest BCUT2D eigenvalue weighted by Gasteiger charge is -2.10. The van der Waals surface area contributed by atoms with Crippen LogP contribution in [0.4, 0.5) is 18.9 Å². The van der Waals surface area contributed by atoms with Gasteiger partial charge in [-0.15, -0.1) is 13.2 Å². The fraction of sp³-hybridized carbons (Fsp3) is 0.375. The van der Waals surface area contributed by atoms with Gasteiger partial charge in [0.05, 0.1) is 6.04 Å². The summed E-state index contributed by atoms with van der Waals surface area (Å²) in [6.45, 7) is 3.51. The molecule has 0 saturated carbocycles. The normalized spacial score (nSPS) is 20.6. The Hall–Kier alpha value is -2.24. The molecule has 1 aliphatic heterocycles. The van der Waals surface area contributed by atoms with Crippen LogP contribution >= 0.6 is 0 Å². The summed E-state index contributed by atoms with van der Waals surface area (Å²) >= 11 is 0. The smallest absolute Gasteiger partial charge is 0.463 e. The Morgan fingerprint density at radius 2 is 1.89 bits per heavy atom. The van der Waals surface area contributed by atoms with E-state index < -0.39 is 22.1 Å². The fourth-order valence-corrected chi connectivity index (χ4v) is 4.01. The van der Waals surface area contributed by atoms with E-state index in [-0.39, 0.29) is 28.4 Å². The quantitative estimate of drug-likeness (QED) is 0.708. The number of anilines is 1. The van der Waals surface area contributed by atoms with Gasteiger partial charge in [0, 0.05) is 17.8 Å². The number of benzene rings is 1. The summed E-state index contributed by atoms with van der Waals surface area (Å²) in [7, 11) is -3.97. The standard InChI is InChI=1S/C16H18F3N3O4S/c1-9-7-13(21-20-9)14-8-15(10(2)25-14)27(23,24)22-11-3-5-12(6-4-11)26-16(17,18)19/h3-6,8-9,13,20-22H,7H2,1-2H3. The average molecular weight is 405 g/mol. The van der Waals surface area contributed by atoms with E-state index in [1.54, 1.807) is 0 Å². The second kappa shape index (κ2) is 7.06. The fourth-order valence-electron chi connectivity index (χ4n) is 2.76. The highest BCUT2D eigenvalue weighted by Crippen LogP contribution is 2.30. The largest absolute Gasteiger partial charge is 0.573 e. The number of hydrogen-bond donors (Lipinski definition) is 3. The van der Waals surface area contributed by atoms with Gasteiger partial charge in [-0.25, -0.2) is 13.8 Å². The number of hydrogen-bond acceptors (Lipinski definition) is 6. The monoisotopic (exact) mass is 405 g/mol. The van der Waals surface area contributed by atoms with Gasteiger partial charge in [0.25, 0.3) is 10.0 Å². The van der Waals surface area contributed by atoms with Gasteiger partial charge in [0.2, 0.25) is 0 Å². The molecule has 27 heavy (non-hydrogen) atoms. The van der Waals surface area contributed by atoms with Gasteiger partial charge in [-0.05, 0) is 44.5 Å². The first kappa shape index (κ1) is 19.5. The van der Waals surface area contributed by atoms with E-state index in [2.05, 4.69) is 20.3 Å². The summed E-state index contributed by atoms with van der Waals surface area (Å²) in [5.41, 5.74) is 6.15. The average Bonchev–Trinajstić information content (AvgIpc) is 3.14. The van der Waals surface area contributed by atoms with Gasteiger partial charge in [0.1, 0.15) is 22.2 Å². The zero-order chi connectivity index (χ0) is 19.8. The van der Waals surface area contributed by atoms with Crippen molar-refractivity contribution in [3.8, 4) is 5.75 Å². The molecule has 1 aliphatic rings. The Bertz CT molecular complexity index is 910.